The van der Waals surface area contributed by atoms with Gasteiger partial charge in [0, 0.05) is 5.39 Å². The van der Waals surface area contributed by atoms with Gasteiger partial charge in [0.1, 0.15) is 0 Å². The summed E-state index contributed by atoms with van der Waals surface area (Å²) in [7, 11) is 0. The van der Waals surface area contributed by atoms with E-state index in [4.69, 9.17) is 0 Å². The number of hydrogen-bond donors (Lipinski definition) is 1. The quantitative estimate of drug-likeness (QED) is 0.704. The average Bonchev–Trinajstić information content (AvgIpc) is 2.86. The molecule has 18 heavy (non-hydrogen) atoms. The van der Waals surface area contributed by atoms with Crippen LogP contribution in [0.2, 0.25) is 0 Å². The van der Waals surface area contributed by atoms with Crippen LogP contribution in [0, 0.1) is 0 Å². The zero-order valence-electron chi connectivity index (χ0n) is 10.6. The van der Waals surface area contributed by atoms with Crippen molar-refractivity contribution < 1.29 is 0 Å². The average molecular weight is 236 g/mol. The van der Waals surface area contributed by atoms with Gasteiger partial charge in [0.25, 0.3) is 0 Å². The second kappa shape index (κ2) is 4.30. The van der Waals surface area contributed by atoms with E-state index in [0.29, 0.717) is 5.92 Å². The molecule has 90 valence electrons. The summed E-state index contributed by atoms with van der Waals surface area (Å²) in [5.41, 5.74) is 4.95. The number of H-pyrrole nitrogens is 1. The second-order valence-electron chi connectivity index (χ2n) is 4.92. The fourth-order valence-corrected chi connectivity index (χ4v) is 2.35. The number of rotatable bonds is 2. The Balaban J connectivity index is 2.25. The smallest absolute Gasteiger partial charge is 0.0659 e. The van der Waals surface area contributed by atoms with Crippen LogP contribution in [0.15, 0.2) is 48.7 Å². The first-order chi connectivity index (χ1) is 8.75. The number of aromatic nitrogens is 2. The lowest BCUT2D eigenvalue weighted by molar-refractivity contribution is 0.877. The lowest BCUT2D eigenvalue weighted by atomic mass is 9.94. The van der Waals surface area contributed by atoms with E-state index in [9.17, 15) is 0 Å². The van der Waals surface area contributed by atoms with E-state index in [1.54, 1.807) is 0 Å². The first-order valence-corrected chi connectivity index (χ1v) is 6.28. The topological polar surface area (TPSA) is 28.7 Å². The second-order valence-corrected chi connectivity index (χ2v) is 4.92. The van der Waals surface area contributed by atoms with Gasteiger partial charge in [-0.25, -0.2) is 0 Å². The van der Waals surface area contributed by atoms with Crippen molar-refractivity contribution in [3.8, 4) is 11.1 Å². The van der Waals surface area contributed by atoms with Gasteiger partial charge in [-0.05, 0) is 28.7 Å². The molecule has 0 radical (unpaired) electrons. The van der Waals surface area contributed by atoms with Crippen LogP contribution in [0.5, 0.6) is 0 Å². The zero-order valence-corrected chi connectivity index (χ0v) is 10.6. The van der Waals surface area contributed by atoms with Crippen molar-refractivity contribution in [1.29, 1.82) is 0 Å². The molecule has 0 unspecified atom stereocenters. The van der Waals surface area contributed by atoms with Crippen LogP contribution in [0.4, 0.5) is 0 Å². The third-order valence-electron chi connectivity index (χ3n) is 3.32. The first kappa shape index (κ1) is 11.0. The predicted octanol–water partition coefficient (Wildman–Crippen LogP) is 4.35. The van der Waals surface area contributed by atoms with Crippen LogP contribution in [-0.2, 0) is 0 Å². The molecule has 3 aromatic rings. The summed E-state index contributed by atoms with van der Waals surface area (Å²) in [6, 6.07) is 14.9. The minimum absolute atomic E-state index is 0.494. The minimum Gasteiger partial charge on any atom is -0.278 e. The highest BCUT2D eigenvalue weighted by Gasteiger charge is 2.09. The van der Waals surface area contributed by atoms with E-state index in [1.807, 2.05) is 12.3 Å². The summed E-state index contributed by atoms with van der Waals surface area (Å²) < 4.78 is 0. The number of hydrogen-bond acceptors (Lipinski definition) is 1. The highest BCUT2D eigenvalue weighted by molar-refractivity contribution is 5.87. The van der Waals surface area contributed by atoms with Crippen LogP contribution in [-0.4, -0.2) is 10.2 Å². The number of nitrogens with one attached hydrogen (secondary N) is 1. The van der Waals surface area contributed by atoms with E-state index in [2.05, 4.69) is 60.4 Å². The fraction of sp³-hybridized carbons (Fsp3) is 0.188. The molecule has 0 aliphatic rings. The van der Waals surface area contributed by atoms with Gasteiger partial charge in [0.2, 0.25) is 0 Å². The fourth-order valence-electron chi connectivity index (χ4n) is 2.35. The maximum atomic E-state index is 4.15. The molecule has 1 N–H and O–H groups in total. The standard InChI is InChI=1S/C16H16N2/c1-11(2)14-8-13(12-6-4-3-5-7-12)9-16-15(14)10-17-18-16/h3-11H,1-2H3,(H,17,18). The van der Waals surface area contributed by atoms with Crippen molar-refractivity contribution in [3.05, 3.63) is 54.2 Å². The molecule has 0 spiro atoms. The Kier molecular flexibility index (Phi) is 2.63. The zero-order chi connectivity index (χ0) is 12.5. The van der Waals surface area contributed by atoms with Crippen LogP contribution >= 0.6 is 0 Å². The number of aromatic amines is 1. The molecule has 0 atom stereocenters. The predicted molar refractivity (Wildman–Crippen MR) is 75.6 cm³/mol. The van der Waals surface area contributed by atoms with Gasteiger partial charge in [-0.1, -0.05) is 50.2 Å². The van der Waals surface area contributed by atoms with Gasteiger partial charge in [0.15, 0.2) is 0 Å². The molecular weight excluding hydrogens is 220 g/mol. The lowest BCUT2D eigenvalue weighted by Crippen LogP contribution is -1.90. The molecule has 0 fully saturated rings. The Morgan fingerprint density at radius 3 is 2.50 bits per heavy atom. The largest absolute Gasteiger partial charge is 0.278 e. The molecular formula is C16H16N2. The monoisotopic (exact) mass is 236 g/mol. The lowest BCUT2D eigenvalue weighted by Gasteiger charge is -2.10. The van der Waals surface area contributed by atoms with Crippen LogP contribution in [0.25, 0.3) is 22.0 Å². The van der Waals surface area contributed by atoms with Crippen molar-refractivity contribution in [1.82, 2.24) is 10.2 Å². The minimum atomic E-state index is 0.494. The van der Waals surface area contributed by atoms with E-state index < -0.39 is 0 Å². The Bertz CT molecular complexity index is 666. The summed E-state index contributed by atoms with van der Waals surface area (Å²) in [5, 5.41) is 8.46. The molecule has 0 amide bonds. The third kappa shape index (κ3) is 1.80. The highest BCUT2D eigenvalue weighted by Crippen LogP contribution is 2.30. The summed E-state index contributed by atoms with van der Waals surface area (Å²) in [5.74, 6) is 0.494. The molecule has 0 saturated carbocycles. The van der Waals surface area contributed by atoms with E-state index in [0.717, 1.165) is 5.52 Å². The Morgan fingerprint density at radius 1 is 1.00 bits per heavy atom. The van der Waals surface area contributed by atoms with Crippen LogP contribution in [0.3, 0.4) is 0 Å². The van der Waals surface area contributed by atoms with Gasteiger partial charge in [-0.3, -0.25) is 5.10 Å². The molecule has 3 rings (SSSR count). The summed E-state index contributed by atoms with van der Waals surface area (Å²) in [6.45, 7) is 4.44. The van der Waals surface area contributed by atoms with E-state index >= 15 is 0 Å². The van der Waals surface area contributed by atoms with Crippen molar-refractivity contribution in [2.75, 3.05) is 0 Å². The molecule has 1 aromatic heterocycles. The molecule has 2 aromatic carbocycles. The van der Waals surface area contributed by atoms with E-state index in [-0.39, 0.29) is 0 Å². The summed E-state index contributed by atoms with van der Waals surface area (Å²) in [4.78, 5) is 0. The molecule has 0 saturated heterocycles. The molecule has 0 aliphatic carbocycles. The van der Waals surface area contributed by atoms with E-state index in [1.165, 1.54) is 22.1 Å². The summed E-state index contributed by atoms with van der Waals surface area (Å²) >= 11 is 0. The number of fused-ring (bicyclic) bond motifs is 1. The molecule has 2 nitrogen and oxygen atoms in total. The maximum Gasteiger partial charge on any atom is 0.0659 e. The Morgan fingerprint density at radius 2 is 1.78 bits per heavy atom. The third-order valence-corrected chi connectivity index (χ3v) is 3.32. The van der Waals surface area contributed by atoms with Crippen molar-refractivity contribution in [2.45, 2.75) is 19.8 Å². The Hall–Kier alpha value is -2.09. The Labute approximate surface area is 107 Å². The van der Waals surface area contributed by atoms with Crippen LogP contribution in [0.1, 0.15) is 25.3 Å². The molecule has 1 heterocycles. The molecule has 0 aliphatic heterocycles. The van der Waals surface area contributed by atoms with Crippen molar-refractivity contribution in [3.63, 3.8) is 0 Å². The highest BCUT2D eigenvalue weighted by atomic mass is 15.1. The number of nitrogens with zero attached hydrogens (tertiary/aromatic N) is 1. The van der Waals surface area contributed by atoms with Gasteiger partial charge in [-0.15, -0.1) is 0 Å². The SMILES string of the molecule is CC(C)c1cc(-c2ccccc2)cc2[nH]ncc12. The van der Waals surface area contributed by atoms with Crippen molar-refractivity contribution >= 4 is 10.9 Å². The first-order valence-electron chi connectivity index (χ1n) is 6.28. The van der Waals surface area contributed by atoms with Gasteiger partial charge in [0.05, 0.1) is 11.7 Å². The molecule has 0 bridgehead atoms. The summed E-state index contributed by atoms with van der Waals surface area (Å²) in [6.07, 6.45) is 1.92. The van der Waals surface area contributed by atoms with Crippen molar-refractivity contribution in [2.24, 2.45) is 0 Å². The van der Waals surface area contributed by atoms with Gasteiger partial charge in [-0.2, -0.15) is 5.10 Å². The number of benzene rings is 2. The normalized spacial score (nSPS) is 11.3. The van der Waals surface area contributed by atoms with Crippen LogP contribution < -0.4 is 0 Å². The van der Waals surface area contributed by atoms with Gasteiger partial charge < -0.3 is 0 Å². The maximum absolute atomic E-state index is 4.15. The molecule has 2 heteroatoms. The van der Waals surface area contributed by atoms with Gasteiger partial charge >= 0.3 is 0 Å².